The third-order valence-corrected chi connectivity index (χ3v) is 3.16. The Hall–Kier alpha value is -1.45. The van der Waals surface area contributed by atoms with Crippen LogP contribution in [0.1, 0.15) is 6.92 Å². The molecule has 1 heterocycles. The van der Waals surface area contributed by atoms with Gasteiger partial charge in [-0.3, -0.25) is 0 Å². The number of nitrogens with zero attached hydrogens (tertiary/aromatic N) is 2. The molecule has 10 heteroatoms. The van der Waals surface area contributed by atoms with Crippen molar-refractivity contribution in [3.05, 3.63) is 12.4 Å². The Bertz CT molecular complexity index is 459. The van der Waals surface area contributed by atoms with Crippen LogP contribution in [0.4, 0.5) is 13.2 Å². The first-order chi connectivity index (χ1) is 8.04. The van der Waals surface area contributed by atoms with Crippen molar-refractivity contribution < 1.29 is 30.6 Å². The van der Waals surface area contributed by atoms with Crippen LogP contribution in [0, 0.1) is 0 Å². The standard InChI is InChI=1S/C8H11F3N2O4S/c1-6(13-4-3-12(2)5-13)7(14)17-18(15,16)8(9,10)11/h3-4,6H,5H2,1-2H3. The van der Waals surface area contributed by atoms with Gasteiger partial charge in [0.25, 0.3) is 0 Å². The van der Waals surface area contributed by atoms with Crippen molar-refractivity contribution in [2.45, 2.75) is 18.5 Å². The third kappa shape index (κ3) is 3.06. The summed E-state index contributed by atoms with van der Waals surface area (Å²) < 4.78 is 60.8. The van der Waals surface area contributed by atoms with Crippen molar-refractivity contribution >= 4 is 16.1 Å². The fraction of sp³-hybridized carbons (Fsp3) is 0.625. The predicted molar refractivity (Wildman–Crippen MR) is 54.1 cm³/mol. The highest BCUT2D eigenvalue weighted by Gasteiger charge is 2.50. The quantitative estimate of drug-likeness (QED) is 0.554. The van der Waals surface area contributed by atoms with Crippen LogP contribution >= 0.6 is 0 Å². The van der Waals surface area contributed by atoms with E-state index in [4.69, 9.17) is 0 Å². The minimum absolute atomic E-state index is 0.252. The summed E-state index contributed by atoms with van der Waals surface area (Å²) in [5, 5.41) is 0. The van der Waals surface area contributed by atoms with E-state index in [1.165, 1.54) is 18.0 Å². The van der Waals surface area contributed by atoms with Crippen LogP contribution in [0.5, 0.6) is 0 Å². The molecule has 0 bridgehead atoms. The first kappa shape index (κ1) is 14.6. The second-order valence-corrected chi connectivity index (χ2v) is 5.23. The number of carbonyl (C=O) groups excluding carboxylic acids is 1. The molecule has 0 saturated carbocycles. The van der Waals surface area contributed by atoms with Crippen LogP contribution in [0.3, 0.4) is 0 Å². The lowest BCUT2D eigenvalue weighted by atomic mass is 10.3. The highest BCUT2D eigenvalue weighted by atomic mass is 32.2. The maximum atomic E-state index is 12.0. The number of hydrogen-bond acceptors (Lipinski definition) is 6. The fourth-order valence-corrected chi connectivity index (χ4v) is 1.61. The number of halogens is 3. The van der Waals surface area contributed by atoms with Gasteiger partial charge >= 0.3 is 21.6 Å². The zero-order valence-corrected chi connectivity index (χ0v) is 10.3. The van der Waals surface area contributed by atoms with E-state index in [0.29, 0.717) is 0 Å². The molecule has 1 aliphatic heterocycles. The molecule has 0 fully saturated rings. The van der Waals surface area contributed by atoms with E-state index in [-0.39, 0.29) is 6.67 Å². The number of alkyl halides is 3. The summed E-state index contributed by atoms with van der Waals surface area (Å²) >= 11 is 0. The van der Waals surface area contributed by atoms with Crippen LogP contribution in [-0.2, 0) is 19.1 Å². The summed E-state index contributed by atoms with van der Waals surface area (Å²) in [6.07, 6.45) is 3.04. The van der Waals surface area contributed by atoms with Gasteiger partial charge in [-0.15, -0.1) is 0 Å². The van der Waals surface area contributed by atoms with Gasteiger partial charge in [0, 0.05) is 19.4 Å². The molecule has 0 radical (unpaired) electrons. The van der Waals surface area contributed by atoms with E-state index in [2.05, 4.69) is 4.18 Å². The maximum Gasteiger partial charge on any atom is 0.534 e. The number of rotatable bonds is 3. The van der Waals surface area contributed by atoms with Crippen molar-refractivity contribution in [2.24, 2.45) is 0 Å². The summed E-state index contributed by atoms with van der Waals surface area (Å²) in [5.74, 6) is -1.48. The molecule has 0 aromatic rings. The van der Waals surface area contributed by atoms with E-state index >= 15 is 0 Å². The summed E-state index contributed by atoms with van der Waals surface area (Å²) in [4.78, 5) is 14.3. The molecule has 0 saturated heterocycles. The molecule has 0 aliphatic carbocycles. The Balaban J connectivity index is 2.70. The molecule has 18 heavy (non-hydrogen) atoms. The zero-order chi connectivity index (χ0) is 14.1. The second kappa shape index (κ2) is 4.67. The summed E-state index contributed by atoms with van der Waals surface area (Å²) in [5.41, 5.74) is -5.61. The Morgan fingerprint density at radius 2 is 1.94 bits per heavy atom. The highest BCUT2D eigenvalue weighted by molar-refractivity contribution is 7.88. The largest absolute Gasteiger partial charge is 0.534 e. The Morgan fingerprint density at radius 3 is 2.33 bits per heavy atom. The Kier molecular flexibility index (Phi) is 3.79. The van der Waals surface area contributed by atoms with E-state index in [9.17, 15) is 26.4 Å². The first-order valence-corrected chi connectivity index (χ1v) is 6.14. The van der Waals surface area contributed by atoms with Crippen molar-refractivity contribution in [3.8, 4) is 0 Å². The third-order valence-electron chi connectivity index (χ3n) is 2.21. The van der Waals surface area contributed by atoms with Crippen LogP contribution in [0.2, 0.25) is 0 Å². The monoisotopic (exact) mass is 288 g/mol. The van der Waals surface area contributed by atoms with E-state index in [0.717, 1.165) is 0 Å². The number of carbonyl (C=O) groups is 1. The lowest BCUT2D eigenvalue weighted by Gasteiger charge is -2.23. The average Bonchev–Trinajstić information content (AvgIpc) is 2.61. The van der Waals surface area contributed by atoms with Gasteiger partial charge < -0.3 is 14.0 Å². The molecule has 1 atom stereocenters. The predicted octanol–water partition coefficient (Wildman–Crippen LogP) is 0.444. The summed E-state index contributed by atoms with van der Waals surface area (Å²) in [7, 11) is -4.22. The van der Waals surface area contributed by atoms with E-state index in [1.807, 2.05) is 0 Å². The van der Waals surface area contributed by atoms with E-state index < -0.39 is 27.6 Å². The molecular weight excluding hydrogens is 277 g/mol. The molecular formula is C8H11F3N2O4S. The van der Waals surface area contributed by atoms with Crippen LogP contribution < -0.4 is 0 Å². The van der Waals surface area contributed by atoms with Crippen LogP contribution in [-0.4, -0.2) is 49.5 Å². The van der Waals surface area contributed by atoms with Crippen molar-refractivity contribution in [2.75, 3.05) is 13.7 Å². The second-order valence-electron chi connectivity index (χ2n) is 3.69. The van der Waals surface area contributed by atoms with Gasteiger partial charge in [-0.25, -0.2) is 4.79 Å². The maximum absolute atomic E-state index is 12.0. The SMILES string of the molecule is CC(C(=O)OS(=O)(=O)C(F)(F)F)N1C=CN(C)C1. The minimum Gasteiger partial charge on any atom is -0.362 e. The summed E-state index contributed by atoms with van der Waals surface area (Å²) in [6, 6.07) is -1.14. The molecule has 0 spiro atoms. The highest BCUT2D eigenvalue weighted by Crippen LogP contribution is 2.25. The van der Waals surface area contributed by atoms with E-state index in [1.54, 1.807) is 18.1 Å². The fourth-order valence-electron chi connectivity index (χ4n) is 1.16. The molecule has 0 amide bonds. The van der Waals surface area contributed by atoms with Crippen LogP contribution in [0.25, 0.3) is 0 Å². The molecule has 1 aliphatic rings. The smallest absolute Gasteiger partial charge is 0.362 e. The minimum atomic E-state index is -5.90. The lowest BCUT2D eigenvalue weighted by molar-refractivity contribution is -0.140. The molecule has 104 valence electrons. The molecule has 0 N–H and O–H groups in total. The molecule has 0 aromatic heterocycles. The number of hydrogen-bond donors (Lipinski definition) is 0. The molecule has 0 aromatic carbocycles. The van der Waals surface area contributed by atoms with Gasteiger partial charge in [0.05, 0.1) is 6.67 Å². The molecule has 1 unspecified atom stereocenters. The van der Waals surface area contributed by atoms with Gasteiger partial charge in [-0.2, -0.15) is 21.6 Å². The average molecular weight is 288 g/mol. The van der Waals surface area contributed by atoms with Gasteiger partial charge in [-0.05, 0) is 6.92 Å². The molecule has 6 nitrogen and oxygen atoms in total. The van der Waals surface area contributed by atoms with Gasteiger partial charge in [0.2, 0.25) is 0 Å². The first-order valence-electron chi connectivity index (χ1n) is 4.73. The Labute approximate surface area is 102 Å². The van der Waals surface area contributed by atoms with Crippen molar-refractivity contribution in [3.63, 3.8) is 0 Å². The Morgan fingerprint density at radius 1 is 1.39 bits per heavy atom. The normalized spacial score (nSPS) is 18.1. The topological polar surface area (TPSA) is 66.9 Å². The van der Waals surface area contributed by atoms with Crippen molar-refractivity contribution in [1.82, 2.24) is 9.80 Å². The lowest BCUT2D eigenvalue weighted by Crippen LogP contribution is -2.40. The zero-order valence-electron chi connectivity index (χ0n) is 9.51. The summed E-state index contributed by atoms with van der Waals surface area (Å²) in [6.45, 7) is 1.50. The van der Waals surface area contributed by atoms with Gasteiger partial charge in [0.1, 0.15) is 6.04 Å². The van der Waals surface area contributed by atoms with Crippen LogP contribution in [0.15, 0.2) is 12.4 Å². The van der Waals surface area contributed by atoms with Gasteiger partial charge in [-0.1, -0.05) is 0 Å². The van der Waals surface area contributed by atoms with Gasteiger partial charge in [0.15, 0.2) is 0 Å². The van der Waals surface area contributed by atoms with Crippen molar-refractivity contribution in [1.29, 1.82) is 0 Å². The molecule has 1 rings (SSSR count).